The topological polar surface area (TPSA) is 24.1 Å². The van der Waals surface area contributed by atoms with Crippen LogP contribution >= 0.6 is 0 Å². The molecule has 2 nitrogen and oxygen atoms in total. The van der Waals surface area contributed by atoms with Gasteiger partial charge in [-0.05, 0) is 57.4 Å². The van der Waals surface area contributed by atoms with E-state index < -0.39 is 52.9 Å². The van der Waals surface area contributed by atoms with Crippen LogP contribution in [0.4, 0.5) is 35.1 Å². The molecular weight excluding hydrogens is 432 g/mol. The summed E-state index contributed by atoms with van der Waals surface area (Å²) in [5.41, 5.74) is -2.81. The van der Waals surface area contributed by atoms with Crippen LogP contribution in [-0.4, -0.2) is 30.2 Å². The zero-order chi connectivity index (χ0) is 23.7. The zero-order valence-corrected chi connectivity index (χ0v) is 17.6. The summed E-state index contributed by atoms with van der Waals surface area (Å²) in [6.07, 6.45) is -8.68. The van der Waals surface area contributed by atoms with Gasteiger partial charge in [-0.2, -0.15) is 26.3 Å². The quantitative estimate of drug-likeness (QED) is 0.455. The fraction of sp³-hybridized carbons (Fsp3) is 0.714. The fourth-order valence-electron chi connectivity index (χ4n) is 4.24. The molecule has 0 aromatic heterocycles. The molecule has 0 saturated heterocycles. The van der Waals surface area contributed by atoms with Crippen LogP contribution in [0.15, 0.2) is 24.3 Å². The van der Waals surface area contributed by atoms with E-state index >= 15 is 0 Å². The molecule has 31 heavy (non-hydrogen) atoms. The van der Waals surface area contributed by atoms with Gasteiger partial charge < -0.3 is 5.32 Å². The summed E-state index contributed by atoms with van der Waals surface area (Å²) in [7, 11) is 0. The largest absolute Gasteiger partial charge is 0.416 e. The molecule has 1 aromatic carbocycles. The highest BCUT2D eigenvalue weighted by Gasteiger charge is 2.51. The first-order valence-corrected chi connectivity index (χ1v) is 10.2. The van der Waals surface area contributed by atoms with E-state index in [1.54, 1.807) is 6.92 Å². The number of hydrogen-bond donors (Lipinski definition) is 2. The lowest BCUT2D eigenvalue weighted by molar-refractivity contribution is -0.165. The van der Waals surface area contributed by atoms with Crippen LogP contribution in [0.25, 0.3) is 0 Å². The van der Waals surface area contributed by atoms with Crippen molar-refractivity contribution in [3.05, 3.63) is 35.4 Å². The Kier molecular flexibility index (Phi) is 7.68. The molecule has 3 atom stereocenters. The lowest BCUT2D eigenvalue weighted by atomic mass is 9.75. The second-order valence-electron chi connectivity index (χ2n) is 8.74. The van der Waals surface area contributed by atoms with E-state index in [1.807, 2.05) is 0 Å². The van der Waals surface area contributed by atoms with E-state index in [2.05, 4.69) is 10.6 Å². The maximum Gasteiger partial charge on any atom is 0.416 e. The van der Waals surface area contributed by atoms with Crippen molar-refractivity contribution in [3.63, 3.8) is 0 Å². The van der Waals surface area contributed by atoms with Gasteiger partial charge in [0, 0.05) is 11.5 Å². The van der Waals surface area contributed by atoms with Gasteiger partial charge in [-0.25, -0.2) is 8.78 Å². The van der Waals surface area contributed by atoms with Gasteiger partial charge in [0.2, 0.25) is 0 Å². The molecule has 0 heterocycles. The lowest BCUT2D eigenvalue weighted by Crippen LogP contribution is -2.55. The van der Waals surface area contributed by atoms with E-state index in [0.717, 1.165) is 12.1 Å². The van der Waals surface area contributed by atoms with Gasteiger partial charge >= 0.3 is 12.4 Å². The van der Waals surface area contributed by atoms with Gasteiger partial charge in [0.1, 0.15) is 6.04 Å². The van der Waals surface area contributed by atoms with Gasteiger partial charge in [0.05, 0.1) is 11.6 Å². The molecule has 10 heteroatoms. The maximum atomic E-state index is 14.9. The average molecular weight is 460 g/mol. The molecule has 0 amide bonds. The van der Waals surface area contributed by atoms with Gasteiger partial charge in [-0.15, -0.1) is 0 Å². The maximum absolute atomic E-state index is 14.9. The molecule has 0 radical (unpaired) electrons. The molecular formula is C21H28F8N2. The van der Waals surface area contributed by atoms with Crippen LogP contribution in [-0.2, 0) is 6.18 Å². The molecule has 1 fully saturated rings. The Balaban J connectivity index is 2.22. The van der Waals surface area contributed by atoms with Crippen LogP contribution in [0.1, 0.15) is 63.6 Å². The van der Waals surface area contributed by atoms with Gasteiger partial charge in [0.25, 0.3) is 5.92 Å². The highest BCUT2D eigenvalue weighted by atomic mass is 19.4. The third-order valence-electron chi connectivity index (χ3n) is 5.70. The van der Waals surface area contributed by atoms with Crippen LogP contribution in [0.5, 0.6) is 0 Å². The smallest absolute Gasteiger partial charge is 0.309 e. The number of nitrogens with one attached hydrogen (secondary N) is 2. The average Bonchev–Trinajstić information content (AvgIpc) is 2.62. The minimum absolute atomic E-state index is 0.191. The summed E-state index contributed by atoms with van der Waals surface area (Å²) in [5, 5.41) is 5.14. The lowest BCUT2D eigenvalue weighted by Gasteiger charge is -2.43. The van der Waals surface area contributed by atoms with E-state index in [-0.39, 0.29) is 12.8 Å². The number of hydrogen-bond acceptors (Lipinski definition) is 2. The highest BCUT2D eigenvalue weighted by Crippen LogP contribution is 2.44. The Hall–Kier alpha value is -1.42. The first-order valence-electron chi connectivity index (χ1n) is 10.2. The molecule has 1 aromatic rings. The Morgan fingerprint density at radius 3 is 2.06 bits per heavy atom. The molecule has 0 aliphatic heterocycles. The summed E-state index contributed by atoms with van der Waals surface area (Å²) >= 11 is 0. The van der Waals surface area contributed by atoms with Crippen molar-refractivity contribution in [1.82, 2.24) is 10.6 Å². The minimum Gasteiger partial charge on any atom is -0.309 e. The van der Waals surface area contributed by atoms with Crippen molar-refractivity contribution in [3.8, 4) is 0 Å². The van der Waals surface area contributed by atoms with E-state index in [4.69, 9.17) is 0 Å². The molecule has 0 spiro atoms. The molecule has 2 rings (SSSR count). The van der Waals surface area contributed by atoms with Gasteiger partial charge in [-0.1, -0.05) is 25.5 Å². The van der Waals surface area contributed by atoms with Gasteiger partial charge in [-0.3, -0.25) is 5.32 Å². The summed E-state index contributed by atoms with van der Waals surface area (Å²) < 4.78 is 109. The van der Waals surface area contributed by atoms with Crippen molar-refractivity contribution in [1.29, 1.82) is 0 Å². The summed E-state index contributed by atoms with van der Waals surface area (Å²) in [6, 6.07) is -0.620. The predicted octanol–water partition coefficient (Wildman–Crippen LogP) is 6.48. The third-order valence-corrected chi connectivity index (χ3v) is 5.70. The van der Waals surface area contributed by atoms with Crippen molar-refractivity contribution >= 4 is 0 Å². The van der Waals surface area contributed by atoms with E-state index in [0.29, 0.717) is 31.5 Å². The molecule has 0 bridgehead atoms. The summed E-state index contributed by atoms with van der Waals surface area (Å²) in [5.74, 6) is -4.19. The normalized spacial score (nSPS) is 23.6. The van der Waals surface area contributed by atoms with Crippen LogP contribution in [0, 0.1) is 5.92 Å². The Bertz CT molecular complexity index is 708. The molecule has 1 aliphatic rings. The molecule has 178 valence electrons. The number of rotatable bonds is 7. The van der Waals surface area contributed by atoms with Crippen molar-refractivity contribution < 1.29 is 35.1 Å². The minimum atomic E-state index is -4.82. The second kappa shape index (κ2) is 9.21. The molecule has 2 N–H and O–H groups in total. The Morgan fingerprint density at radius 1 is 1.00 bits per heavy atom. The summed E-state index contributed by atoms with van der Waals surface area (Å²) in [6.45, 7) is 4.88. The standard InChI is InChI=1S/C21H28F8N2/c1-4-30-16-7-5-6-15(19(16,22)23)12-18(2,3)31-17(21(27,28)29)13-8-10-14(11-9-13)20(24,25)26/h8-11,15-17,30-31H,4-7,12H2,1-3H3. The zero-order valence-electron chi connectivity index (χ0n) is 17.6. The highest BCUT2D eigenvalue weighted by molar-refractivity contribution is 5.28. The fourth-order valence-corrected chi connectivity index (χ4v) is 4.24. The molecule has 3 unspecified atom stereocenters. The number of alkyl halides is 8. The predicted molar refractivity (Wildman–Crippen MR) is 102 cm³/mol. The first kappa shape index (κ1) is 25.8. The molecule has 1 aliphatic carbocycles. The number of halogens is 8. The first-order chi connectivity index (χ1) is 14.1. The van der Waals surface area contributed by atoms with Crippen molar-refractivity contribution in [2.24, 2.45) is 5.92 Å². The van der Waals surface area contributed by atoms with E-state index in [9.17, 15) is 35.1 Å². The van der Waals surface area contributed by atoms with E-state index in [1.165, 1.54) is 13.8 Å². The van der Waals surface area contributed by atoms with Crippen LogP contribution in [0.2, 0.25) is 0 Å². The monoisotopic (exact) mass is 460 g/mol. The van der Waals surface area contributed by atoms with Crippen molar-refractivity contribution in [2.45, 2.75) is 82.4 Å². The van der Waals surface area contributed by atoms with Gasteiger partial charge in [0.15, 0.2) is 0 Å². The summed E-state index contributed by atoms with van der Waals surface area (Å²) in [4.78, 5) is 0. The van der Waals surface area contributed by atoms with Crippen LogP contribution in [0.3, 0.4) is 0 Å². The van der Waals surface area contributed by atoms with Crippen molar-refractivity contribution in [2.75, 3.05) is 6.54 Å². The Morgan fingerprint density at radius 2 is 1.58 bits per heavy atom. The Labute approximate surface area is 176 Å². The number of benzene rings is 1. The molecule has 1 saturated carbocycles. The SMILES string of the molecule is CCNC1CCCC(CC(C)(C)NC(c2ccc(C(F)(F)F)cc2)C(F)(F)F)C1(F)F. The second-order valence-corrected chi connectivity index (χ2v) is 8.74. The third kappa shape index (κ3) is 6.54. The van der Waals surface area contributed by atoms with Crippen LogP contribution < -0.4 is 10.6 Å².